The maximum absolute atomic E-state index is 14.3. The molecule has 2 atom stereocenters. The lowest BCUT2D eigenvalue weighted by Gasteiger charge is -2.32. The van der Waals surface area contributed by atoms with Crippen molar-refractivity contribution in [3.63, 3.8) is 0 Å². The summed E-state index contributed by atoms with van der Waals surface area (Å²) in [5, 5.41) is 1.73. The minimum Gasteiger partial charge on any atom is -0.493 e. The summed E-state index contributed by atoms with van der Waals surface area (Å²) >= 11 is 0. The summed E-state index contributed by atoms with van der Waals surface area (Å²) in [6, 6.07) is -1.62. The molecule has 0 aromatic heterocycles. The average Bonchev–Trinajstić information content (AvgIpc) is 3.11. The lowest BCUT2D eigenvalue weighted by atomic mass is 9.81. The second-order valence-electron chi connectivity index (χ2n) is 4.73. The van der Waals surface area contributed by atoms with Crippen molar-refractivity contribution >= 4 is 0 Å². The van der Waals surface area contributed by atoms with Crippen LogP contribution in [0.5, 0.6) is 17.2 Å². The van der Waals surface area contributed by atoms with Crippen molar-refractivity contribution in [2.45, 2.75) is 12.3 Å². The predicted molar refractivity (Wildman–Crippen MR) is 88.2 cm³/mol. The molecular weight excluding hydrogens is 309 g/mol. The van der Waals surface area contributed by atoms with E-state index in [1.807, 2.05) is 0 Å². The Bertz CT molecular complexity index is 1300. The summed E-state index contributed by atoms with van der Waals surface area (Å²) in [5.41, 5.74) is -1.23. The van der Waals surface area contributed by atoms with E-state index in [-0.39, 0.29) is 17.2 Å². The number of ether oxygens (including phenoxy) is 3. The Labute approximate surface area is 160 Å². The summed E-state index contributed by atoms with van der Waals surface area (Å²) in [7, 11) is 0. The highest BCUT2D eigenvalue weighted by atomic mass is 19.1. The molecule has 5 heteroatoms. The Hall–Kier alpha value is -2.27. The molecule has 0 bridgehead atoms. The molecule has 1 fully saturated rings. The highest BCUT2D eigenvalue weighted by molar-refractivity contribution is 5.46. The number of rotatable bonds is 4. The standard InChI is InChI=1S/C19H20FNO3/c20-15-3-1-13(2-4-15)17-7-8-21-10-14(17)11-22-16-5-6-18-19(9-16)24-12-23-18/h1-6,9,14,17,21H,7-8,10-12H2/t14?,17-/m0/s1/i1D,2D,3D,4D,7D2,8D2,10D2,12D2,14D,17D. The number of hydrogen-bond acceptors (Lipinski definition) is 4. The monoisotopic (exact) mass is 343 g/mol. The molecule has 126 valence electrons. The van der Waals surface area contributed by atoms with E-state index in [4.69, 9.17) is 33.4 Å². The zero-order chi connectivity index (χ0) is 28.9. The second kappa shape index (κ2) is 6.69. The molecule has 4 nitrogen and oxygen atoms in total. The van der Waals surface area contributed by atoms with Crippen LogP contribution < -0.4 is 19.5 Å². The molecule has 2 aliphatic heterocycles. The van der Waals surface area contributed by atoms with Gasteiger partial charge in [-0.1, -0.05) is 12.1 Å². The number of fused-ring (bicyclic) bond motifs is 1. The van der Waals surface area contributed by atoms with E-state index in [1.165, 1.54) is 12.1 Å². The van der Waals surface area contributed by atoms with Crippen LogP contribution in [-0.2, 0) is 0 Å². The maximum Gasteiger partial charge on any atom is 0.231 e. The van der Waals surface area contributed by atoms with Gasteiger partial charge in [0.25, 0.3) is 0 Å². The van der Waals surface area contributed by atoms with Crippen LogP contribution in [0.1, 0.15) is 37.0 Å². The molecule has 0 saturated carbocycles. The number of benzene rings is 2. The largest absolute Gasteiger partial charge is 0.493 e. The van der Waals surface area contributed by atoms with E-state index in [1.54, 1.807) is 5.32 Å². The van der Waals surface area contributed by atoms with Crippen LogP contribution >= 0.6 is 0 Å². The minimum absolute atomic E-state index is 0.00748. The Kier molecular flexibility index (Phi) is 1.74. The van der Waals surface area contributed by atoms with Gasteiger partial charge in [0.15, 0.2) is 11.5 Å². The highest BCUT2D eigenvalue weighted by Gasteiger charge is 2.27. The van der Waals surface area contributed by atoms with Crippen LogP contribution in [0.4, 0.5) is 4.39 Å². The van der Waals surface area contributed by atoms with E-state index in [2.05, 4.69) is 0 Å². The lowest BCUT2D eigenvalue weighted by molar-refractivity contribution is 0.173. The molecule has 2 heterocycles. The second-order valence-corrected chi connectivity index (χ2v) is 4.73. The Morgan fingerprint density at radius 3 is 3.00 bits per heavy atom. The van der Waals surface area contributed by atoms with Gasteiger partial charge in [0.05, 0.1) is 12.1 Å². The highest BCUT2D eigenvalue weighted by Crippen LogP contribution is 2.36. The van der Waals surface area contributed by atoms with Crippen molar-refractivity contribution in [2.24, 2.45) is 5.89 Å². The molecule has 1 N–H and O–H groups in total. The van der Waals surface area contributed by atoms with Gasteiger partial charge in [-0.2, -0.15) is 0 Å². The van der Waals surface area contributed by atoms with Crippen molar-refractivity contribution < 1.29 is 37.8 Å². The number of piperidine rings is 1. The van der Waals surface area contributed by atoms with Gasteiger partial charge in [0.1, 0.15) is 14.3 Å². The summed E-state index contributed by atoms with van der Waals surface area (Å²) < 4.78 is 145. The molecule has 4 rings (SSSR count). The van der Waals surface area contributed by atoms with Crippen LogP contribution in [0.3, 0.4) is 0 Å². The third-order valence-electron chi connectivity index (χ3n) is 3.21. The van der Waals surface area contributed by atoms with E-state index in [0.717, 1.165) is 6.07 Å². The Balaban J connectivity index is 1.91. The van der Waals surface area contributed by atoms with Gasteiger partial charge < -0.3 is 19.5 Å². The fraction of sp³-hybridized carbons (Fsp3) is 0.368. The van der Waals surface area contributed by atoms with Crippen LogP contribution in [-0.4, -0.2) is 26.3 Å². The van der Waals surface area contributed by atoms with Gasteiger partial charge in [-0.05, 0) is 48.5 Å². The SMILES string of the molecule is [2H]c1c([2H])c([C@]2([2H])C([2H])([2H])C([2H])([2H])NC([2H])([2H])C2([2H])COc2ccc3c(c2)OC([2H])([2H])O3)c([2H])c([2H])c1F. The fourth-order valence-corrected chi connectivity index (χ4v) is 2.09. The molecule has 1 unspecified atom stereocenters. The zero-order valence-electron chi connectivity index (χ0n) is 26.0. The van der Waals surface area contributed by atoms with Crippen molar-refractivity contribution in [1.82, 2.24) is 5.32 Å². The summed E-state index contributed by atoms with van der Waals surface area (Å²) in [4.78, 5) is 0. The van der Waals surface area contributed by atoms with Crippen molar-refractivity contribution in [1.29, 1.82) is 0 Å². The number of nitrogens with one attached hydrogen (secondary N) is 1. The third kappa shape index (κ3) is 3.17. The van der Waals surface area contributed by atoms with Crippen LogP contribution in [0, 0.1) is 11.7 Å². The van der Waals surface area contributed by atoms with Crippen LogP contribution in [0.2, 0.25) is 0 Å². The molecule has 1 saturated heterocycles. The van der Waals surface area contributed by atoms with Crippen molar-refractivity contribution in [2.75, 3.05) is 26.3 Å². The quantitative estimate of drug-likeness (QED) is 0.924. The topological polar surface area (TPSA) is 39.7 Å². The molecule has 0 amide bonds. The first kappa shape index (κ1) is 6.23. The van der Waals surface area contributed by atoms with Crippen LogP contribution in [0.15, 0.2) is 42.4 Å². The molecule has 0 spiro atoms. The first-order valence-electron chi connectivity index (χ1n) is 13.8. The minimum atomic E-state index is -3.62. The lowest BCUT2D eigenvalue weighted by Crippen LogP contribution is -2.38. The van der Waals surface area contributed by atoms with E-state index in [0.29, 0.717) is 0 Å². The molecule has 2 aromatic rings. The zero-order valence-corrected chi connectivity index (χ0v) is 12.0. The molecule has 0 radical (unpaired) electrons. The Morgan fingerprint density at radius 2 is 2.12 bits per heavy atom. The van der Waals surface area contributed by atoms with Gasteiger partial charge in [-0.15, -0.1) is 0 Å². The average molecular weight is 343 g/mol. The first-order chi connectivity index (χ1) is 17.1. The number of hydrogen-bond donors (Lipinski definition) is 1. The molecular formula is C19H20FNO3. The normalized spacial score (nSPS) is 45.4. The maximum atomic E-state index is 14.3. The van der Waals surface area contributed by atoms with Gasteiger partial charge in [0, 0.05) is 29.4 Å². The molecule has 2 aromatic carbocycles. The van der Waals surface area contributed by atoms with E-state index >= 15 is 0 Å². The van der Waals surface area contributed by atoms with Gasteiger partial charge >= 0.3 is 0 Å². The summed E-state index contributed by atoms with van der Waals surface area (Å²) in [6.45, 7) is -10.4. The first-order valence-corrected chi connectivity index (χ1v) is 6.84. The van der Waals surface area contributed by atoms with Crippen molar-refractivity contribution in [3.05, 3.63) is 53.7 Å². The van der Waals surface area contributed by atoms with Gasteiger partial charge in [-0.25, -0.2) is 4.39 Å². The van der Waals surface area contributed by atoms with E-state index in [9.17, 15) is 4.39 Å². The third-order valence-corrected chi connectivity index (χ3v) is 3.21. The predicted octanol–water partition coefficient (Wildman–Crippen LogP) is 3.33. The Morgan fingerprint density at radius 1 is 1.29 bits per heavy atom. The van der Waals surface area contributed by atoms with Gasteiger partial charge in [-0.3, -0.25) is 0 Å². The summed E-state index contributed by atoms with van der Waals surface area (Å²) in [5.74, 6) is -8.75. The molecule has 2 aliphatic rings. The van der Waals surface area contributed by atoms with Crippen molar-refractivity contribution in [3.8, 4) is 17.2 Å². The molecule has 24 heavy (non-hydrogen) atoms. The number of halogens is 1. The fourth-order valence-electron chi connectivity index (χ4n) is 2.09. The van der Waals surface area contributed by atoms with Crippen LogP contribution in [0.25, 0.3) is 0 Å². The van der Waals surface area contributed by atoms with E-state index < -0.39 is 80.1 Å². The smallest absolute Gasteiger partial charge is 0.231 e. The van der Waals surface area contributed by atoms with Gasteiger partial charge in [0.2, 0.25) is 6.75 Å². The molecule has 0 aliphatic carbocycles. The summed E-state index contributed by atoms with van der Waals surface area (Å²) in [6.07, 6.45) is -3.62.